The van der Waals surface area contributed by atoms with Gasteiger partial charge in [0.1, 0.15) is 12.4 Å². The van der Waals surface area contributed by atoms with Crippen molar-refractivity contribution >= 4 is 23.4 Å². The lowest BCUT2D eigenvalue weighted by Crippen LogP contribution is -2.16. The molecule has 1 amide bonds. The zero-order chi connectivity index (χ0) is 21.0. The van der Waals surface area contributed by atoms with Gasteiger partial charge in [0, 0.05) is 12.7 Å². The van der Waals surface area contributed by atoms with Crippen molar-refractivity contribution < 1.29 is 9.53 Å². The quantitative estimate of drug-likeness (QED) is 0.586. The Morgan fingerprint density at radius 2 is 1.76 bits per heavy atom. The van der Waals surface area contributed by atoms with E-state index in [4.69, 9.17) is 4.74 Å². The molecule has 152 valence electrons. The highest BCUT2D eigenvalue weighted by Gasteiger charge is 2.13. The van der Waals surface area contributed by atoms with Crippen LogP contribution in [0.4, 0.5) is 5.69 Å². The van der Waals surface area contributed by atoms with Gasteiger partial charge in [0.2, 0.25) is 5.91 Å². The number of carbonyl (C=O) groups is 1. The van der Waals surface area contributed by atoms with E-state index in [9.17, 15) is 4.79 Å². The highest BCUT2D eigenvalue weighted by molar-refractivity contribution is 7.99. The Labute approximate surface area is 175 Å². The summed E-state index contributed by atoms with van der Waals surface area (Å²) in [6, 6.07) is 12.0. The van der Waals surface area contributed by atoms with Crippen LogP contribution in [-0.2, 0) is 18.4 Å². The third kappa shape index (κ3) is 5.17. The minimum absolute atomic E-state index is 0.0664. The van der Waals surface area contributed by atoms with E-state index in [0.29, 0.717) is 17.6 Å². The van der Waals surface area contributed by atoms with Crippen LogP contribution in [0.25, 0.3) is 0 Å². The number of aryl methyl sites for hydroxylation is 4. The molecule has 0 bridgehead atoms. The molecule has 0 aliphatic carbocycles. The number of nitrogens with one attached hydrogen (secondary N) is 1. The van der Waals surface area contributed by atoms with Crippen molar-refractivity contribution in [1.82, 2.24) is 14.8 Å². The molecular weight excluding hydrogens is 384 g/mol. The van der Waals surface area contributed by atoms with Gasteiger partial charge in [-0.3, -0.25) is 4.79 Å². The Morgan fingerprint density at radius 1 is 1.03 bits per heavy atom. The lowest BCUT2D eigenvalue weighted by Gasteiger charge is -2.11. The molecule has 0 spiro atoms. The molecule has 3 aromatic rings. The molecule has 1 N–H and O–H groups in total. The number of amides is 1. The molecule has 0 fully saturated rings. The van der Waals surface area contributed by atoms with Crippen molar-refractivity contribution in [1.29, 1.82) is 0 Å². The molecule has 29 heavy (non-hydrogen) atoms. The molecule has 3 rings (SSSR count). The molecule has 0 radical (unpaired) electrons. The van der Waals surface area contributed by atoms with Crippen LogP contribution in [-0.4, -0.2) is 26.4 Å². The van der Waals surface area contributed by atoms with Gasteiger partial charge in [0.25, 0.3) is 0 Å². The number of para-hydroxylation sites is 1. The Morgan fingerprint density at radius 3 is 2.45 bits per heavy atom. The second kappa shape index (κ2) is 9.13. The van der Waals surface area contributed by atoms with Crippen LogP contribution in [0.3, 0.4) is 0 Å². The van der Waals surface area contributed by atoms with E-state index in [1.165, 1.54) is 22.9 Å². The predicted octanol–water partition coefficient (Wildman–Crippen LogP) is 4.36. The van der Waals surface area contributed by atoms with Crippen molar-refractivity contribution in [3.05, 3.63) is 64.5 Å². The van der Waals surface area contributed by atoms with E-state index in [2.05, 4.69) is 29.4 Å². The van der Waals surface area contributed by atoms with Gasteiger partial charge in [0.15, 0.2) is 11.0 Å². The zero-order valence-electron chi connectivity index (χ0n) is 17.4. The van der Waals surface area contributed by atoms with E-state index < -0.39 is 0 Å². The lowest BCUT2D eigenvalue weighted by atomic mass is 10.1. The maximum atomic E-state index is 12.4. The molecule has 0 aliphatic rings. The van der Waals surface area contributed by atoms with Gasteiger partial charge in [-0.05, 0) is 62.1 Å². The zero-order valence-corrected chi connectivity index (χ0v) is 18.3. The first-order valence-corrected chi connectivity index (χ1v) is 10.4. The Hall–Kier alpha value is -2.80. The van der Waals surface area contributed by atoms with Crippen molar-refractivity contribution in [3.63, 3.8) is 0 Å². The van der Waals surface area contributed by atoms with Crippen LogP contribution in [0.1, 0.15) is 28.1 Å². The van der Waals surface area contributed by atoms with Crippen molar-refractivity contribution in [2.24, 2.45) is 7.05 Å². The minimum atomic E-state index is -0.0664. The van der Waals surface area contributed by atoms with Crippen LogP contribution >= 0.6 is 11.8 Å². The molecule has 0 saturated carbocycles. The summed E-state index contributed by atoms with van der Waals surface area (Å²) in [5.41, 5.74) is 5.39. The lowest BCUT2D eigenvalue weighted by molar-refractivity contribution is -0.113. The molecule has 0 aliphatic heterocycles. The summed E-state index contributed by atoms with van der Waals surface area (Å²) in [6.45, 7) is 8.42. The van der Waals surface area contributed by atoms with Crippen LogP contribution in [0.2, 0.25) is 0 Å². The monoisotopic (exact) mass is 410 g/mol. The second-order valence-corrected chi connectivity index (χ2v) is 8.04. The van der Waals surface area contributed by atoms with Gasteiger partial charge in [-0.25, -0.2) is 0 Å². The van der Waals surface area contributed by atoms with Crippen molar-refractivity contribution in [2.45, 2.75) is 39.5 Å². The predicted molar refractivity (Wildman–Crippen MR) is 117 cm³/mol. The number of thioether (sulfide) groups is 1. The third-order valence-electron chi connectivity index (χ3n) is 4.85. The molecule has 1 heterocycles. The molecule has 1 aromatic heterocycles. The van der Waals surface area contributed by atoms with E-state index in [0.717, 1.165) is 22.6 Å². The number of carbonyl (C=O) groups excluding carboxylic acids is 1. The van der Waals surface area contributed by atoms with Gasteiger partial charge < -0.3 is 14.6 Å². The number of rotatable bonds is 7. The normalized spacial score (nSPS) is 10.8. The summed E-state index contributed by atoms with van der Waals surface area (Å²) in [5, 5.41) is 12.1. The minimum Gasteiger partial charge on any atom is -0.486 e. The SMILES string of the molecule is Cc1ccc(OCc2nnc(SCC(=O)Nc3c(C)cccc3C)n2C)cc1C. The summed E-state index contributed by atoms with van der Waals surface area (Å²) in [5.74, 6) is 1.71. The fourth-order valence-corrected chi connectivity index (χ4v) is 3.60. The molecule has 7 heteroatoms. The first-order chi connectivity index (χ1) is 13.8. The van der Waals surface area contributed by atoms with E-state index >= 15 is 0 Å². The van der Waals surface area contributed by atoms with Gasteiger partial charge >= 0.3 is 0 Å². The molecule has 0 saturated heterocycles. The van der Waals surface area contributed by atoms with Crippen molar-refractivity contribution in [2.75, 3.05) is 11.1 Å². The Bertz CT molecular complexity index is 1010. The average molecular weight is 411 g/mol. The maximum absolute atomic E-state index is 12.4. The highest BCUT2D eigenvalue weighted by Crippen LogP contribution is 2.22. The number of aromatic nitrogens is 3. The van der Waals surface area contributed by atoms with Gasteiger partial charge in [-0.2, -0.15) is 0 Å². The molecule has 2 aromatic carbocycles. The number of ether oxygens (including phenoxy) is 1. The standard InChI is InChI=1S/C22H26N4O2S/c1-14-9-10-18(11-17(14)4)28-12-19-24-25-22(26(19)5)29-13-20(27)23-21-15(2)7-6-8-16(21)3/h6-11H,12-13H2,1-5H3,(H,23,27). The number of nitrogens with zero attached hydrogens (tertiary/aromatic N) is 3. The van der Waals surface area contributed by atoms with Crippen molar-refractivity contribution in [3.8, 4) is 5.75 Å². The molecule has 0 unspecified atom stereocenters. The first kappa shape index (κ1) is 20.9. The maximum Gasteiger partial charge on any atom is 0.234 e. The third-order valence-corrected chi connectivity index (χ3v) is 5.87. The molecule has 6 nitrogen and oxygen atoms in total. The Balaban J connectivity index is 1.56. The topological polar surface area (TPSA) is 69.0 Å². The average Bonchev–Trinajstić information content (AvgIpc) is 3.04. The summed E-state index contributed by atoms with van der Waals surface area (Å²) < 4.78 is 7.70. The number of benzene rings is 2. The largest absolute Gasteiger partial charge is 0.486 e. The molecule has 0 atom stereocenters. The molecular formula is C22H26N4O2S. The Kier molecular flexibility index (Phi) is 6.59. The fourth-order valence-electron chi connectivity index (χ4n) is 2.87. The van der Waals surface area contributed by atoms with E-state index in [1.807, 2.05) is 61.9 Å². The van der Waals surface area contributed by atoms with Crippen LogP contribution < -0.4 is 10.1 Å². The highest BCUT2D eigenvalue weighted by atomic mass is 32.2. The van der Waals surface area contributed by atoms with Crippen LogP contribution in [0, 0.1) is 27.7 Å². The summed E-state index contributed by atoms with van der Waals surface area (Å²) in [6.07, 6.45) is 0. The van der Waals surface area contributed by atoms with Gasteiger partial charge in [-0.1, -0.05) is 36.0 Å². The second-order valence-electron chi connectivity index (χ2n) is 7.10. The smallest absolute Gasteiger partial charge is 0.234 e. The van der Waals surface area contributed by atoms with E-state index in [-0.39, 0.29) is 11.7 Å². The summed E-state index contributed by atoms with van der Waals surface area (Å²) in [4.78, 5) is 12.4. The fraction of sp³-hybridized carbons (Fsp3) is 0.318. The van der Waals surface area contributed by atoms with Gasteiger partial charge in [-0.15, -0.1) is 10.2 Å². The number of hydrogen-bond acceptors (Lipinski definition) is 5. The number of hydrogen-bond donors (Lipinski definition) is 1. The number of anilines is 1. The van der Waals surface area contributed by atoms with Crippen LogP contribution in [0.15, 0.2) is 41.6 Å². The summed E-state index contributed by atoms with van der Waals surface area (Å²) >= 11 is 1.35. The van der Waals surface area contributed by atoms with Crippen LogP contribution in [0.5, 0.6) is 5.75 Å². The summed E-state index contributed by atoms with van der Waals surface area (Å²) in [7, 11) is 1.88. The van der Waals surface area contributed by atoms with E-state index in [1.54, 1.807) is 0 Å². The van der Waals surface area contributed by atoms with Gasteiger partial charge in [0.05, 0.1) is 5.75 Å². The first-order valence-electron chi connectivity index (χ1n) is 9.42.